The standard InChI is InChI=1S/C16H21BrClNO/c1-11-3-2-6-16(8-11)10-20-15(9-19-16)13-5-4-12(17)7-14(13)18/h4-5,7,11,15,19H,2-3,6,8-10H2,1H3. The highest BCUT2D eigenvalue weighted by atomic mass is 79.9. The molecule has 2 nitrogen and oxygen atoms in total. The highest BCUT2D eigenvalue weighted by molar-refractivity contribution is 9.10. The molecule has 3 unspecified atom stereocenters. The molecule has 0 bridgehead atoms. The summed E-state index contributed by atoms with van der Waals surface area (Å²) in [4.78, 5) is 0. The average Bonchev–Trinajstić information content (AvgIpc) is 2.40. The zero-order valence-electron chi connectivity index (χ0n) is 11.8. The Balaban J connectivity index is 1.69. The fourth-order valence-corrected chi connectivity index (χ4v) is 4.39. The van der Waals surface area contributed by atoms with Crippen molar-refractivity contribution < 1.29 is 4.74 Å². The molecule has 3 atom stereocenters. The van der Waals surface area contributed by atoms with Gasteiger partial charge in [-0.3, -0.25) is 0 Å². The molecule has 1 heterocycles. The first-order valence-electron chi connectivity index (χ1n) is 7.40. The number of benzene rings is 1. The molecule has 110 valence electrons. The van der Waals surface area contributed by atoms with E-state index in [4.69, 9.17) is 16.3 Å². The molecular formula is C16H21BrClNO. The molecule has 0 aromatic heterocycles. The monoisotopic (exact) mass is 357 g/mol. The van der Waals surface area contributed by atoms with Crippen LogP contribution in [0.4, 0.5) is 0 Å². The van der Waals surface area contributed by atoms with Crippen LogP contribution in [0.1, 0.15) is 44.3 Å². The minimum atomic E-state index is 0.0680. The number of hydrogen-bond donors (Lipinski definition) is 1. The van der Waals surface area contributed by atoms with Gasteiger partial charge < -0.3 is 10.1 Å². The molecule has 1 spiro atoms. The van der Waals surface area contributed by atoms with E-state index < -0.39 is 0 Å². The molecule has 0 radical (unpaired) electrons. The molecule has 1 aliphatic heterocycles. The van der Waals surface area contributed by atoms with Gasteiger partial charge in [0.05, 0.1) is 12.7 Å². The average molecular weight is 359 g/mol. The smallest absolute Gasteiger partial charge is 0.0964 e. The van der Waals surface area contributed by atoms with E-state index in [1.54, 1.807) is 0 Å². The van der Waals surface area contributed by atoms with Gasteiger partial charge in [0.2, 0.25) is 0 Å². The second-order valence-electron chi connectivity index (χ2n) is 6.33. The fourth-order valence-electron chi connectivity index (χ4n) is 3.59. The zero-order valence-corrected chi connectivity index (χ0v) is 14.1. The lowest BCUT2D eigenvalue weighted by Gasteiger charge is -2.45. The molecule has 0 amide bonds. The van der Waals surface area contributed by atoms with Crippen molar-refractivity contribution in [3.05, 3.63) is 33.3 Å². The van der Waals surface area contributed by atoms with Crippen molar-refractivity contribution in [3.8, 4) is 0 Å². The Bertz CT molecular complexity index is 485. The Morgan fingerprint density at radius 3 is 2.95 bits per heavy atom. The van der Waals surface area contributed by atoms with Crippen LogP contribution in [0.25, 0.3) is 0 Å². The molecule has 2 aliphatic rings. The van der Waals surface area contributed by atoms with E-state index in [2.05, 4.69) is 34.2 Å². The third-order valence-corrected chi connectivity index (χ3v) is 5.44. The number of ether oxygens (including phenoxy) is 1. The van der Waals surface area contributed by atoms with E-state index in [0.29, 0.717) is 0 Å². The lowest BCUT2D eigenvalue weighted by atomic mass is 9.76. The van der Waals surface area contributed by atoms with Crippen molar-refractivity contribution in [2.75, 3.05) is 13.2 Å². The summed E-state index contributed by atoms with van der Waals surface area (Å²) in [6.07, 6.45) is 5.19. The van der Waals surface area contributed by atoms with Gasteiger partial charge in [-0.05, 0) is 30.9 Å². The van der Waals surface area contributed by atoms with Crippen LogP contribution in [-0.2, 0) is 4.74 Å². The van der Waals surface area contributed by atoms with Crippen LogP contribution in [0.2, 0.25) is 5.02 Å². The summed E-state index contributed by atoms with van der Waals surface area (Å²) >= 11 is 9.77. The molecule has 3 rings (SSSR count). The van der Waals surface area contributed by atoms with Gasteiger partial charge in [-0.1, -0.05) is 53.4 Å². The quantitative estimate of drug-likeness (QED) is 0.785. The van der Waals surface area contributed by atoms with Crippen LogP contribution < -0.4 is 5.32 Å². The largest absolute Gasteiger partial charge is 0.370 e. The van der Waals surface area contributed by atoms with Crippen LogP contribution >= 0.6 is 27.5 Å². The van der Waals surface area contributed by atoms with Crippen LogP contribution in [0.3, 0.4) is 0 Å². The van der Waals surface area contributed by atoms with Crippen molar-refractivity contribution in [1.82, 2.24) is 5.32 Å². The predicted octanol–water partition coefficient (Wildman–Crippen LogP) is 4.71. The van der Waals surface area contributed by atoms with Gasteiger partial charge in [-0.15, -0.1) is 0 Å². The van der Waals surface area contributed by atoms with E-state index >= 15 is 0 Å². The first-order chi connectivity index (χ1) is 9.58. The SMILES string of the molecule is CC1CCCC2(COC(c3ccc(Br)cc3Cl)CN2)C1. The fraction of sp³-hybridized carbons (Fsp3) is 0.625. The predicted molar refractivity (Wildman–Crippen MR) is 86.2 cm³/mol. The molecule has 1 aliphatic carbocycles. The first kappa shape index (κ1) is 14.8. The molecule has 1 saturated carbocycles. The van der Waals surface area contributed by atoms with Crippen molar-refractivity contribution in [1.29, 1.82) is 0 Å². The van der Waals surface area contributed by atoms with Crippen molar-refractivity contribution in [2.24, 2.45) is 5.92 Å². The van der Waals surface area contributed by atoms with E-state index in [1.807, 2.05) is 12.1 Å². The lowest BCUT2D eigenvalue weighted by Crippen LogP contribution is -2.57. The molecular weight excluding hydrogens is 338 g/mol. The van der Waals surface area contributed by atoms with E-state index in [1.165, 1.54) is 25.7 Å². The van der Waals surface area contributed by atoms with E-state index in [-0.39, 0.29) is 11.6 Å². The third-order valence-electron chi connectivity index (χ3n) is 4.62. The van der Waals surface area contributed by atoms with Gasteiger partial charge in [-0.2, -0.15) is 0 Å². The maximum absolute atomic E-state index is 6.33. The Hall–Kier alpha value is -0.0900. The topological polar surface area (TPSA) is 21.3 Å². The molecule has 1 aromatic rings. The van der Waals surface area contributed by atoms with Gasteiger partial charge in [0.1, 0.15) is 0 Å². The summed E-state index contributed by atoms with van der Waals surface area (Å²) in [6.45, 7) is 4.00. The van der Waals surface area contributed by atoms with Crippen LogP contribution in [0.15, 0.2) is 22.7 Å². The Morgan fingerprint density at radius 1 is 1.45 bits per heavy atom. The molecule has 1 saturated heterocycles. The molecule has 1 N–H and O–H groups in total. The summed E-state index contributed by atoms with van der Waals surface area (Å²) < 4.78 is 7.17. The Morgan fingerprint density at radius 2 is 2.30 bits per heavy atom. The van der Waals surface area contributed by atoms with Gasteiger partial charge in [-0.25, -0.2) is 0 Å². The van der Waals surface area contributed by atoms with Crippen LogP contribution in [-0.4, -0.2) is 18.7 Å². The van der Waals surface area contributed by atoms with Crippen molar-refractivity contribution >= 4 is 27.5 Å². The number of rotatable bonds is 1. The maximum atomic E-state index is 6.33. The highest BCUT2D eigenvalue weighted by Gasteiger charge is 2.39. The molecule has 4 heteroatoms. The Kier molecular flexibility index (Phi) is 4.42. The van der Waals surface area contributed by atoms with Crippen molar-refractivity contribution in [2.45, 2.75) is 44.2 Å². The number of halogens is 2. The minimum absolute atomic E-state index is 0.0680. The number of morpholine rings is 1. The summed E-state index contributed by atoms with van der Waals surface area (Å²) in [5, 5.41) is 4.54. The first-order valence-corrected chi connectivity index (χ1v) is 8.57. The number of nitrogens with one attached hydrogen (secondary N) is 1. The van der Waals surface area contributed by atoms with Crippen LogP contribution in [0.5, 0.6) is 0 Å². The number of hydrogen-bond acceptors (Lipinski definition) is 2. The Labute approximate surface area is 134 Å². The molecule has 1 aromatic carbocycles. The van der Waals surface area contributed by atoms with Gasteiger partial charge in [0.15, 0.2) is 0 Å². The minimum Gasteiger partial charge on any atom is -0.370 e. The van der Waals surface area contributed by atoms with Gasteiger partial charge >= 0.3 is 0 Å². The lowest BCUT2D eigenvalue weighted by molar-refractivity contribution is -0.0526. The third kappa shape index (κ3) is 3.06. The zero-order chi connectivity index (χ0) is 14.2. The van der Waals surface area contributed by atoms with Gasteiger partial charge in [0, 0.05) is 27.1 Å². The second-order valence-corrected chi connectivity index (χ2v) is 7.65. The normalized spacial score (nSPS) is 34.4. The van der Waals surface area contributed by atoms with E-state index in [0.717, 1.165) is 34.1 Å². The summed E-state index contributed by atoms with van der Waals surface area (Å²) in [6, 6.07) is 6.02. The van der Waals surface area contributed by atoms with Crippen LogP contribution in [0, 0.1) is 5.92 Å². The molecule has 2 fully saturated rings. The second kappa shape index (κ2) is 5.96. The molecule has 20 heavy (non-hydrogen) atoms. The summed E-state index contributed by atoms with van der Waals surface area (Å²) in [5.41, 5.74) is 1.29. The van der Waals surface area contributed by atoms with E-state index in [9.17, 15) is 0 Å². The van der Waals surface area contributed by atoms with Crippen molar-refractivity contribution in [3.63, 3.8) is 0 Å². The summed E-state index contributed by atoms with van der Waals surface area (Å²) in [5.74, 6) is 0.799. The maximum Gasteiger partial charge on any atom is 0.0964 e. The highest BCUT2D eigenvalue weighted by Crippen LogP contribution is 2.38. The summed E-state index contributed by atoms with van der Waals surface area (Å²) in [7, 11) is 0. The van der Waals surface area contributed by atoms with Gasteiger partial charge in [0.25, 0.3) is 0 Å².